The predicted octanol–water partition coefficient (Wildman–Crippen LogP) is 4.72. The lowest BCUT2D eigenvalue weighted by Gasteiger charge is -2.42. The van der Waals surface area contributed by atoms with Gasteiger partial charge in [-0.05, 0) is 77.0 Å². The van der Waals surface area contributed by atoms with Gasteiger partial charge in [0.05, 0.1) is 17.1 Å². The van der Waals surface area contributed by atoms with Crippen molar-refractivity contribution < 1.29 is 33.0 Å². The van der Waals surface area contributed by atoms with E-state index < -0.39 is 29.3 Å². The van der Waals surface area contributed by atoms with Crippen molar-refractivity contribution in [3.63, 3.8) is 0 Å². The minimum atomic E-state index is -4.67. The number of benzene rings is 1. The molecule has 1 spiro atoms. The van der Waals surface area contributed by atoms with Gasteiger partial charge in [0.2, 0.25) is 5.91 Å². The number of piperidine rings is 1. The quantitative estimate of drug-likeness (QED) is 0.629. The van der Waals surface area contributed by atoms with Crippen LogP contribution in [0.2, 0.25) is 0 Å². The molecular formula is C25H34F3N3O4. The maximum absolute atomic E-state index is 14.1. The average molecular weight is 498 g/mol. The van der Waals surface area contributed by atoms with Crippen LogP contribution in [0.4, 0.5) is 29.3 Å². The number of carbonyl (C=O) groups excluding carboxylic acids is 1. The van der Waals surface area contributed by atoms with Crippen LogP contribution in [0.15, 0.2) is 18.2 Å². The zero-order valence-corrected chi connectivity index (χ0v) is 20.2. The van der Waals surface area contributed by atoms with Crippen LogP contribution in [-0.4, -0.2) is 64.9 Å². The van der Waals surface area contributed by atoms with E-state index in [2.05, 4.69) is 0 Å². The summed E-state index contributed by atoms with van der Waals surface area (Å²) in [4.78, 5) is 29.7. The highest BCUT2D eigenvalue weighted by molar-refractivity contribution is 5.88. The molecule has 0 bridgehead atoms. The van der Waals surface area contributed by atoms with Crippen molar-refractivity contribution in [3.05, 3.63) is 23.8 Å². The number of hydrogen-bond acceptors (Lipinski definition) is 4. The van der Waals surface area contributed by atoms with E-state index in [0.29, 0.717) is 45.2 Å². The number of amides is 2. The Hall–Kier alpha value is -2.49. The second-order valence-corrected chi connectivity index (χ2v) is 10.5. The standard InChI is InChI=1S/C25H34F3N3O4/c1-16(2)31(23(34)35)18-6-9-21(20(14-18)25(26,27)28)29-12-3-10-24(15-29)11-13-30(22(24)33)17-4-7-19(32)8-5-17/h6,9,14,16-17,19,32H,3-5,7-8,10-13,15H2,1-2H3,(H,34,35)/t17?,19?,24-/m0/s1. The van der Waals surface area contributed by atoms with Crippen molar-refractivity contribution in [2.75, 3.05) is 29.4 Å². The Balaban J connectivity index is 1.61. The molecule has 2 amide bonds. The van der Waals surface area contributed by atoms with Crippen LogP contribution in [0, 0.1) is 5.41 Å². The number of anilines is 2. The normalized spacial score (nSPS) is 27.7. The molecule has 2 saturated heterocycles. The molecule has 1 aromatic carbocycles. The number of aliphatic hydroxyl groups is 1. The summed E-state index contributed by atoms with van der Waals surface area (Å²) < 4.78 is 42.4. The molecule has 3 fully saturated rings. The molecule has 10 heteroatoms. The zero-order valence-electron chi connectivity index (χ0n) is 20.2. The van der Waals surface area contributed by atoms with Crippen molar-refractivity contribution in [3.8, 4) is 0 Å². The van der Waals surface area contributed by atoms with Crippen LogP contribution < -0.4 is 9.80 Å². The number of alkyl halides is 3. The number of carboxylic acid groups (broad SMARTS) is 1. The Kier molecular flexibility index (Phi) is 6.96. The van der Waals surface area contributed by atoms with Crippen LogP contribution in [0.3, 0.4) is 0 Å². The Bertz CT molecular complexity index is 962. The summed E-state index contributed by atoms with van der Waals surface area (Å²) in [5, 5.41) is 19.3. The average Bonchev–Trinajstić information content (AvgIpc) is 3.08. The number of rotatable bonds is 4. The summed E-state index contributed by atoms with van der Waals surface area (Å²) in [5.41, 5.74) is -1.64. The van der Waals surface area contributed by atoms with Crippen molar-refractivity contribution in [2.45, 2.75) is 83.2 Å². The van der Waals surface area contributed by atoms with Gasteiger partial charge in [0.15, 0.2) is 0 Å². The molecule has 2 aliphatic heterocycles. The number of carbonyl (C=O) groups is 2. The van der Waals surface area contributed by atoms with Gasteiger partial charge in [-0.3, -0.25) is 9.69 Å². The third-order valence-corrected chi connectivity index (χ3v) is 7.86. The Labute approximate surface area is 203 Å². The van der Waals surface area contributed by atoms with E-state index in [9.17, 15) is 33.0 Å². The first-order chi connectivity index (χ1) is 16.4. The molecule has 1 saturated carbocycles. The van der Waals surface area contributed by atoms with Crippen molar-refractivity contribution in [1.29, 1.82) is 0 Å². The lowest BCUT2D eigenvalue weighted by Crippen LogP contribution is -2.50. The fourth-order valence-electron chi connectivity index (χ4n) is 6.09. The van der Waals surface area contributed by atoms with E-state index in [1.807, 2.05) is 4.90 Å². The molecule has 1 aromatic rings. The van der Waals surface area contributed by atoms with E-state index in [-0.39, 0.29) is 36.0 Å². The lowest BCUT2D eigenvalue weighted by molar-refractivity contribution is -0.139. The first-order valence-corrected chi connectivity index (χ1v) is 12.4. The second-order valence-electron chi connectivity index (χ2n) is 10.5. The molecule has 1 aliphatic carbocycles. The molecular weight excluding hydrogens is 463 g/mol. The van der Waals surface area contributed by atoms with Crippen LogP contribution in [-0.2, 0) is 11.0 Å². The molecule has 4 rings (SSSR count). The van der Waals surface area contributed by atoms with Gasteiger partial charge in [0.25, 0.3) is 0 Å². The molecule has 35 heavy (non-hydrogen) atoms. The maximum Gasteiger partial charge on any atom is 0.418 e. The van der Waals surface area contributed by atoms with E-state index >= 15 is 0 Å². The molecule has 2 N–H and O–H groups in total. The molecule has 0 radical (unpaired) electrons. The Morgan fingerprint density at radius 1 is 1.14 bits per heavy atom. The van der Waals surface area contributed by atoms with Gasteiger partial charge < -0.3 is 20.0 Å². The smallest absolute Gasteiger partial charge is 0.418 e. The van der Waals surface area contributed by atoms with E-state index in [0.717, 1.165) is 23.8 Å². The van der Waals surface area contributed by atoms with Crippen molar-refractivity contribution >= 4 is 23.4 Å². The topological polar surface area (TPSA) is 84.3 Å². The van der Waals surface area contributed by atoms with Crippen molar-refractivity contribution in [2.24, 2.45) is 5.41 Å². The number of halogens is 3. The fourth-order valence-corrected chi connectivity index (χ4v) is 6.09. The molecule has 1 atom stereocenters. The maximum atomic E-state index is 14.1. The predicted molar refractivity (Wildman–Crippen MR) is 126 cm³/mol. The Morgan fingerprint density at radius 2 is 1.83 bits per heavy atom. The van der Waals surface area contributed by atoms with Gasteiger partial charge in [-0.1, -0.05) is 0 Å². The highest BCUT2D eigenvalue weighted by atomic mass is 19.4. The lowest BCUT2D eigenvalue weighted by atomic mass is 9.78. The highest BCUT2D eigenvalue weighted by Gasteiger charge is 2.51. The summed E-state index contributed by atoms with van der Waals surface area (Å²) in [6, 6.07) is 3.22. The zero-order chi connectivity index (χ0) is 25.5. The van der Waals surface area contributed by atoms with Gasteiger partial charge in [0.1, 0.15) is 0 Å². The molecule has 194 valence electrons. The van der Waals surface area contributed by atoms with E-state index in [1.165, 1.54) is 12.1 Å². The molecule has 0 unspecified atom stereocenters. The fraction of sp³-hybridized carbons (Fsp3) is 0.680. The van der Waals surface area contributed by atoms with E-state index in [1.54, 1.807) is 18.7 Å². The van der Waals surface area contributed by atoms with Gasteiger partial charge >= 0.3 is 12.3 Å². The minimum absolute atomic E-state index is 0.0125. The summed E-state index contributed by atoms with van der Waals surface area (Å²) in [5.74, 6) is 0.0191. The third-order valence-electron chi connectivity index (χ3n) is 7.86. The van der Waals surface area contributed by atoms with Crippen LogP contribution in [0.25, 0.3) is 0 Å². The molecule has 2 heterocycles. The van der Waals surface area contributed by atoms with Crippen molar-refractivity contribution in [1.82, 2.24) is 4.90 Å². The molecule has 0 aromatic heterocycles. The molecule has 7 nitrogen and oxygen atoms in total. The number of aliphatic hydroxyl groups excluding tert-OH is 1. The van der Waals surface area contributed by atoms with Gasteiger partial charge in [-0.25, -0.2) is 4.79 Å². The third kappa shape index (κ3) is 4.94. The Morgan fingerprint density at radius 3 is 2.43 bits per heavy atom. The second kappa shape index (κ2) is 9.52. The first-order valence-electron chi connectivity index (χ1n) is 12.4. The highest BCUT2D eigenvalue weighted by Crippen LogP contribution is 2.46. The number of nitrogens with zero attached hydrogens (tertiary/aromatic N) is 3. The summed E-state index contributed by atoms with van der Waals surface area (Å²) in [7, 11) is 0. The molecule has 3 aliphatic rings. The van der Waals surface area contributed by atoms with Crippen LogP contribution in [0.1, 0.15) is 64.4 Å². The van der Waals surface area contributed by atoms with Gasteiger partial charge in [0, 0.05) is 43.1 Å². The SMILES string of the molecule is CC(C)N(C(=O)O)c1ccc(N2CCC[C@]3(CCN(C4CCC(O)CC4)C3=O)C2)c(C(F)(F)F)c1. The van der Waals surface area contributed by atoms with Gasteiger partial charge in [-0.15, -0.1) is 0 Å². The minimum Gasteiger partial charge on any atom is -0.465 e. The summed E-state index contributed by atoms with van der Waals surface area (Å²) in [6.07, 6.45) is -1.61. The summed E-state index contributed by atoms with van der Waals surface area (Å²) in [6.45, 7) is 4.43. The largest absolute Gasteiger partial charge is 0.465 e. The summed E-state index contributed by atoms with van der Waals surface area (Å²) >= 11 is 0. The number of likely N-dealkylation sites (tertiary alicyclic amines) is 1. The van der Waals surface area contributed by atoms with E-state index in [4.69, 9.17) is 0 Å². The van der Waals surface area contributed by atoms with Crippen LogP contribution in [0.5, 0.6) is 0 Å². The first kappa shape index (κ1) is 25.6. The monoisotopic (exact) mass is 497 g/mol. The number of hydrogen-bond donors (Lipinski definition) is 2. The van der Waals surface area contributed by atoms with Crippen LogP contribution >= 0.6 is 0 Å². The van der Waals surface area contributed by atoms with Gasteiger partial charge in [-0.2, -0.15) is 13.2 Å².